The van der Waals surface area contributed by atoms with Crippen molar-refractivity contribution in [2.75, 3.05) is 6.54 Å². The molecule has 15 heavy (non-hydrogen) atoms. The summed E-state index contributed by atoms with van der Waals surface area (Å²) < 4.78 is 0. The highest BCUT2D eigenvalue weighted by Gasteiger charge is 2.12. The summed E-state index contributed by atoms with van der Waals surface area (Å²) in [6.45, 7) is 9.68. The van der Waals surface area contributed by atoms with Gasteiger partial charge in [0.25, 0.3) is 0 Å². The highest BCUT2D eigenvalue weighted by molar-refractivity contribution is 5.27. The van der Waals surface area contributed by atoms with Gasteiger partial charge >= 0.3 is 0 Å². The molecule has 0 amide bonds. The van der Waals surface area contributed by atoms with Gasteiger partial charge in [0.05, 0.1) is 0 Å². The van der Waals surface area contributed by atoms with Crippen LogP contribution in [0.3, 0.4) is 0 Å². The molecule has 0 aromatic heterocycles. The van der Waals surface area contributed by atoms with Crippen LogP contribution in [0.15, 0.2) is 24.3 Å². The maximum absolute atomic E-state index is 5.62. The zero-order chi connectivity index (χ0) is 11.5. The first-order chi connectivity index (χ1) is 6.93. The lowest BCUT2D eigenvalue weighted by Gasteiger charge is -2.19. The smallest absolute Gasteiger partial charge is 0.00483 e. The SMILES string of the molecule is C[C@@H](CN)Cc1ccc(C(C)(C)C)cc1. The van der Waals surface area contributed by atoms with Crippen LogP contribution < -0.4 is 5.73 Å². The first-order valence-corrected chi connectivity index (χ1v) is 5.73. The molecule has 0 aliphatic heterocycles. The van der Waals surface area contributed by atoms with Gasteiger partial charge in [-0.25, -0.2) is 0 Å². The van der Waals surface area contributed by atoms with Crippen molar-refractivity contribution >= 4 is 0 Å². The average molecular weight is 205 g/mol. The second-order valence-corrected chi connectivity index (χ2v) is 5.49. The summed E-state index contributed by atoms with van der Waals surface area (Å²) in [4.78, 5) is 0. The lowest BCUT2D eigenvalue weighted by Crippen LogP contribution is -2.14. The minimum absolute atomic E-state index is 0.248. The van der Waals surface area contributed by atoms with E-state index < -0.39 is 0 Å². The fraction of sp³-hybridized carbons (Fsp3) is 0.571. The van der Waals surface area contributed by atoms with Crippen LogP contribution in [0.5, 0.6) is 0 Å². The van der Waals surface area contributed by atoms with Gasteiger partial charge in [-0.3, -0.25) is 0 Å². The molecule has 0 saturated carbocycles. The second kappa shape index (κ2) is 4.80. The topological polar surface area (TPSA) is 26.0 Å². The molecule has 0 saturated heterocycles. The van der Waals surface area contributed by atoms with E-state index in [1.807, 2.05) is 0 Å². The van der Waals surface area contributed by atoms with E-state index in [2.05, 4.69) is 52.0 Å². The fourth-order valence-electron chi connectivity index (χ4n) is 1.63. The molecular weight excluding hydrogens is 182 g/mol. The van der Waals surface area contributed by atoms with Crippen molar-refractivity contribution < 1.29 is 0 Å². The maximum atomic E-state index is 5.62. The summed E-state index contributed by atoms with van der Waals surface area (Å²) in [5.74, 6) is 0.575. The summed E-state index contributed by atoms with van der Waals surface area (Å²) >= 11 is 0. The van der Waals surface area contributed by atoms with Gasteiger partial charge in [-0.1, -0.05) is 52.0 Å². The third kappa shape index (κ3) is 3.67. The maximum Gasteiger partial charge on any atom is -0.00483 e. The molecule has 0 aliphatic carbocycles. The predicted molar refractivity (Wildman–Crippen MR) is 67.1 cm³/mol. The predicted octanol–water partition coefficient (Wildman–Crippen LogP) is 3.12. The number of hydrogen-bond acceptors (Lipinski definition) is 1. The van der Waals surface area contributed by atoms with E-state index >= 15 is 0 Å². The van der Waals surface area contributed by atoms with Crippen LogP contribution in [0.1, 0.15) is 38.8 Å². The largest absolute Gasteiger partial charge is 0.330 e. The Morgan fingerprint density at radius 3 is 2.07 bits per heavy atom. The Bertz CT molecular complexity index is 292. The third-order valence-corrected chi connectivity index (χ3v) is 2.81. The van der Waals surface area contributed by atoms with Gasteiger partial charge in [0, 0.05) is 0 Å². The quantitative estimate of drug-likeness (QED) is 0.806. The van der Waals surface area contributed by atoms with Crippen LogP contribution >= 0.6 is 0 Å². The molecule has 84 valence electrons. The monoisotopic (exact) mass is 205 g/mol. The van der Waals surface area contributed by atoms with Crippen LogP contribution in [0.4, 0.5) is 0 Å². The van der Waals surface area contributed by atoms with Crippen molar-refractivity contribution in [1.82, 2.24) is 0 Å². The number of hydrogen-bond donors (Lipinski definition) is 1. The fourth-order valence-corrected chi connectivity index (χ4v) is 1.63. The molecule has 0 fully saturated rings. The van der Waals surface area contributed by atoms with Crippen molar-refractivity contribution in [3.63, 3.8) is 0 Å². The van der Waals surface area contributed by atoms with Crippen molar-refractivity contribution in [2.45, 2.75) is 39.5 Å². The first-order valence-electron chi connectivity index (χ1n) is 5.73. The number of nitrogens with two attached hydrogens (primary N) is 1. The molecule has 0 unspecified atom stereocenters. The zero-order valence-electron chi connectivity index (χ0n) is 10.4. The Kier molecular flexibility index (Phi) is 3.92. The van der Waals surface area contributed by atoms with Crippen LogP contribution in [-0.4, -0.2) is 6.54 Å². The van der Waals surface area contributed by atoms with Crippen molar-refractivity contribution in [1.29, 1.82) is 0 Å². The van der Waals surface area contributed by atoms with Crippen LogP contribution in [-0.2, 0) is 11.8 Å². The van der Waals surface area contributed by atoms with E-state index in [4.69, 9.17) is 5.73 Å². The minimum atomic E-state index is 0.248. The molecule has 0 spiro atoms. The molecule has 1 aromatic rings. The molecule has 1 aromatic carbocycles. The van der Waals surface area contributed by atoms with Crippen LogP contribution in [0.25, 0.3) is 0 Å². The molecule has 0 bridgehead atoms. The molecule has 1 atom stereocenters. The average Bonchev–Trinajstić information content (AvgIpc) is 2.17. The van der Waals surface area contributed by atoms with Gasteiger partial charge in [0.1, 0.15) is 0 Å². The lowest BCUT2D eigenvalue weighted by molar-refractivity contribution is 0.583. The summed E-state index contributed by atoms with van der Waals surface area (Å²) in [5, 5.41) is 0. The lowest BCUT2D eigenvalue weighted by atomic mass is 9.86. The first kappa shape index (κ1) is 12.3. The Labute approximate surface area is 93.7 Å². The van der Waals surface area contributed by atoms with E-state index in [9.17, 15) is 0 Å². The Morgan fingerprint density at radius 2 is 1.67 bits per heavy atom. The van der Waals surface area contributed by atoms with Crippen LogP contribution in [0, 0.1) is 5.92 Å². The van der Waals surface area contributed by atoms with E-state index in [1.54, 1.807) is 0 Å². The molecular formula is C14H23N. The molecule has 0 radical (unpaired) electrons. The highest BCUT2D eigenvalue weighted by atomic mass is 14.5. The highest BCUT2D eigenvalue weighted by Crippen LogP contribution is 2.22. The number of rotatable bonds is 3. The third-order valence-electron chi connectivity index (χ3n) is 2.81. The van der Waals surface area contributed by atoms with E-state index in [0.717, 1.165) is 13.0 Å². The van der Waals surface area contributed by atoms with E-state index in [-0.39, 0.29) is 5.41 Å². The molecule has 1 heteroatoms. The molecule has 0 aliphatic rings. The standard InChI is InChI=1S/C14H23N/c1-11(10-15)9-12-5-7-13(8-6-12)14(2,3)4/h5-8,11H,9-10,15H2,1-4H3/t11-/m1/s1. The summed E-state index contributed by atoms with van der Waals surface area (Å²) in [6, 6.07) is 8.93. The van der Waals surface area contributed by atoms with Crippen LogP contribution in [0.2, 0.25) is 0 Å². The van der Waals surface area contributed by atoms with E-state index in [0.29, 0.717) is 5.92 Å². The summed E-state index contributed by atoms with van der Waals surface area (Å²) in [5.41, 5.74) is 8.65. The van der Waals surface area contributed by atoms with Crippen molar-refractivity contribution in [3.05, 3.63) is 35.4 Å². The molecule has 1 rings (SSSR count). The van der Waals surface area contributed by atoms with E-state index in [1.165, 1.54) is 11.1 Å². The molecule has 0 heterocycles. The zero-order valence-corrected chi connectivity index (χ0v) is 10.4. The Morgan fingerprint density at radius 1 is 1.13 bits per heavy atom. The van der Waals surface area contributed by atoms with Gasteiger partial charge in [-0.05, 0) is 35.4 Å². The van der Waals surface area contributed by atoms with Gasteiger partial charge in [0.15, 0.2) is 0 Å². The minimum Gasteiger partial charge on any atom is -0.330 e. The summed E-state index contributed by atoms with van der Waals surface area (Å²) in [7, 11) is 0. The van der Waals surface area contributed by atoms with Gasteiger partial charge in [-0.15, -0.1) is 0 Å². The second-order valence-electron chi connectivity index (χ2n) is 5.49. The Hall–Kier alpha value is -0.820. The van der Waals surface area contributed by atoms with Crippen molar-refractivity contribution in [3.8, 4) is 0 Å². The van der Waals surface area contributed by atoms with Crippen molar-refractivity contribution in [2.24, 2.45) is 11.7 Å². The van der Waals surface area contributed by atoms with Gasteiger partial charge < -0.3 is 5.73 Å². The number of benzene rings is 1. The summed E-state index contributed by atoms with van der Waals surface area (Å²) in [6.07, 6.45) is 1.08. The molecule has 1 nitrogen and oxygen atoms in total. The van der Waals surface area contributed by atoms with Gasteiger partial charge in [0.2, 0.25) is 0 Å². The van der Waals surface area contributed by atoms with Gasteiger partial charge in [-0.2, -0.15) is 0 Å². The normalized spacial score (nSPS) is 13.9. The Balaban J connectivity index is 2.73. The molecule has 2 N–H and O–H groups in total.